The first-order valence-electron chi connectivity index (χ1n) is 9.79. The quantitative estimate of drug-likeness (QED) is 0.710. The minimum atomic E-state index is 0.687. The Morgan fingerprint density at radius 3 is 2.32 bits per heavy atom. The highest BCUT2D eigenvalue weighted by molar-refractivity contribution is 5.65. The zero-order valence-electron chi connectivity index (χ0n) is 16.1. The molecule has 7 heteroatoms. The first-order chi connectivity index (χ1) is 13.8. The number of nitrogens with zero attached hydrogens (tertiary/aromatic N) is 6. The molecule has 3 aromatic rings. The molecular weight excluding hydrogens is 350 g/mol. The van der Waals surface area contributed by atoms with Crippen molar-refractivity contribution in [3.05, 3.63) is 54.9 Å². The van der Waals surface area contributed by atoms with Gasteiger partial charge in [0, 0.05) is 56.7 Å². The molecule has 3 heterocycles. The summed E-state index contributed by atoms with van der Waals surface area (Å²) in [5.74, 6) is 2.44. The Labute approximate surface area is 165 Å². The Kier molecular flexibility index (Phi) is 5.61. The van der Waals surface area contributed by atoms with Crippen LogP contribution in [0.2, 0.25) is 0 Å². The van der Waals surface area contributed by atoms with Gasteiger partial charge in [0.2, 0.25) is 11.9 Å². The third kappa shape index (κ3) is 4.19. The average Bonchev–Trinajstić information content (AvgIpc) is 2.79. The van der Waals surface area contributed by atoms with E-state index in [2.05, 4.69) is 50.2 Å². The van der Waals surface area contributed by atoms with E-state index in [-0.39, 0.29) is 0 Å². The van der Waals surface area contributed by atoms with Crippen molar-refractivity contribution in [3.8, 4) is 11.3 Å². The van der Waals surface area contributed by atoms with Gasteiger partial charge in [0.05, 0.1) is 5.69 Å². The van der Waals surface area contributed by atoms with Crippen LogP contribution in [0.15, 0.2) is 54.9 Å². The van der Waals surface area contributed by atoms with Crippen molar-refractivity contribution in [2.75, 3.05) is 47.8 Å². The van der Waals surface area contributed by atoms with Crippen LogP contribution in [0, 0.1) is 0 Å². The lowest BCUT2D eigenvalue weighted by atomic mass is 10.1. The molecule has 0 atom stereocenters. The fourth-order valence-electron chi connectivity index (χ4n) is 3.26. The molecule has 1 fully saturated rings. The van der Waals surface area contributed by atoms with E-state index < -0.39 is 0 Å². The number of hydrogen-bond donors (Lipinski definition) is 1. The maximum atomic E-state index is 4.77. The number of anilines is 3. The van der Waals surface area contributed by atoms with Crippen molar-refractivity contribution in [2.24, 2.45) is 0 Å². The minimum absolute atomic E-state index is 0.687. The van der Waals surface area contributed by atoms with E-state index in [0.29, 0.717) is 5.95 Å². The molecule has 0 aliphatic carbocycles. The number of nitrogens with one attached hydrogen (secondary N) is 1. The summed E-state index contributed by atoms with van der Waals surface area (Å²) in [4.78, 5) is 22.7. The van der Waals surface area contributed by atoms with Crippen molar-refractivity contribution in [3.63, 3.8) is 0 Å². The van der Waals surface area contributed by atoms with Crippen LogP contribution in [0.3, 0.4) is 0 Å². The summed E-state index contributed by atoms with van der Waals surface area (Å²) in [7, 11) is 0. The Bertz CT molecular complexity index is 878. The van der Waals surface area contributed by atoms with Gasteiger partial charge in [-0.3, -0.25) is 0 Å². The van der Waals surface area contributed by atoms with Crippen molar-refractivity contribution < 1.29 is 0 Å². The van der Waals surface area contributed by atoms with E-state index in [1.54, 1.807) is 12.4 Å². The molecule has 7 nitrogen and oxygen atoms in total. The molecule has 0 unspecified atom stereocenters. The highest BCUT2D eigenvalue weighted by Crippen LogP contribution is 2.24. The second-order valence-electron chi connectivity index (χ2n) is 6.75. The number of aromatic nitrogens is 4. The van der Waals surface area contributed by atoms with Crippen LogP contribution in [0.4, 0.5) is 17.7 Å². The largest absolute Gasteiger partial charge is 0.354 e. The summed E-state index contributed by atoms with van der Waals surface area (Å²) in [5.41, 5.74) is 2.04. The molecule has 1 saturated heterocycles. The van der Waals surface area contributed by atoms with E-state index in [4.69, 9.17) is 9.97 Å². The zero-order chi connectivity index (χ0) is 19.2. The van der Waals surface area contributed by atoms with Gasteiger partial charge in [-0.2, -0.15) is 4.98 Å². The lowest BCUT2D eigenvalue weighted by Crippen LogP contribution is -2.47. The summed E-state index contributed by atoms with van der Waals surface area (Å²) in [6, 6.07) is 14.2. The van der Waals surface area contributed by atoms with Crippen molar-refractivity contribution in [1.29, 1.82) is 0 Å². The van der Waals surface area contributed by atoms with Gasteiger partial charge in [-0.25, -0.2) is 15.0 Å². The zero-order valence-corrected chi connectivity index (χ0v) is 16.1. The molecule has 1 aliphatic heterocycles. The summed E-state index contributed by atoms with van der Waals surface area (Å²) in [5, 5.41) is 3.34. The minimum Gasteiger partial charge on any atom is -0.354 e. The van der Waals surface area contributed by atoms with Crippen molar-refractivity contribution in [1.82, 2.24) is 19.9 Å². The highest BCUT2D eigenvalue weighted by atomic mass is 15.3. The fraction of sp³-hybridized carbons (Fsp3) is 0.333. The number of piperazine rings is 1. The summed E-state index contributed by atoms with van der Waals surface area (Å²) in [6.45, 7) is 6.48. The predicted octanol–water partition coefficient (Wildman–Crippen LogP) is 3.08. The van der Waals surface area contributed by atoms with Gasteiger partial charge in [0.15, 0.2) is 0 Å². The molecule has 0 saturated carbocycles. The fourth-order valence-corrected chi connectivity index (χ4v) is 3.26. The van der Waals surface area contributed by atoms with E-state index in [9.17, 15) is 0 Å². The summed E-state index contributed by atoms with van der Waals surface area (Å²) >= 11 is 0. The second-order valence-corrected chi connectivity index (χ2v) is 6.75. The predicted molar refractivity (Wildman–Crippen MR) is 113 cm³/mol. The highest BCUT2D eigenvalue weighted by Gasteiger charge is 2.21. The lowest BCUT2D eigenvalue weighted by molar-refractivity contribution is 0.634. The number of benzene rings is 1. The van der Waals surface area contributed by atoms with Crippen LogP contribution < -0.4 is 15.1 Å². The van der Waals surface area contributed by atoms with Gasteiger partial charge in [-0.15, -0.1) is 0 Å². The van der Waals surface area contributed by atoms with Crippen LogP contribution in [0.1, 0.15) is 13.3 Å². The van der Waals surface area contributed by atoms with Crippen LogP contribution in [0.25, 0.3) is 11.3 Å². The molecule has 28 heavy (non-hydrogen) atoms. The normalized spacial score (nSPS) is 14.2. The molecule has 0 radical (unpaired) electrons. The topological polar surface area (TPSA) is 70.1 Å². The molecule has 2 aromatic heterocycles. The van der Waals surface area contributed by atoms with E-state index >= 15 is 0 Å². The maximum absolute atomic E-state index is 4.77. The second kappa shape index (κ2) is 8.65. The van der Waals surface area contributed by atoms with Gasteiger partial charge < -0.3 is 15.1 Å². The third-order valence-electron chi connectivity index (χ3n) is 4.75. The van der Waals surface area contributed by atoms with Gasteiger partial charge >= 0.3 is 0 Å². The monoisotopic (exact) mass is 375 g/mol. The van der Waals surface area contributed by atoms with Gasteiger partial charge in [0.25, 0.3) is 0 Å². The first kappa shape index (κ1) is 18.2. The SMILES string of the molecule is CCCNc1nc(-c2ccccc2)cc(N2CCN(c3ncccn3)CC2)n1. The van der Waals surface area contributed by atoms with E-state index in [1.165, 1.54) is 0 Å². The van der Waals surface area contributed by atoms with E-state index in [0.717, 1.165) is 62.2 Å². The summed E-state index contributed by atoms with van der Waals surface area (Å²) < 4.78 is 0. The van der Waals surface area contributed by atoms with Crippen molar-refractivity contribution >= 4 is 17.7 Å². The number of rotatable bonds is 6. The Hall–Kier alpha value is -3.22. The molecule has 1 N–H and O–H groups in total. The first-order valence-corrected chi connectivity index (χ1v) is 9.79. The van der Waals surface area contributed by atoms with Crippen LogP contribution in [-0.4, -0.2) is 52.7 Å². The van der Waals surface area contributed by atoms with Crippen LogP contribution in [0.5, 0.6) is 0 Å². The lowest BCUT2D eigenvalue weighted by Gasteiger charge is -2.35. The van der Waals surface area contributed by atoms with Crippen LogP contribution >= 0.6 is 0 Å². The molecule has 144 valence electrons. The van der Waals surface area contributed by atoms with Gasteiger partial charge in [-0.05, 0) is 12.5 Å². The standard InChI is InChI=1S/C21H25N7/c1-2-9-22-20-25-18(17-7-4-3-5-8-17)16-19(26-20)27-12-14-28(15-13-27)21-23-10-6-11-24-21/h3-8,10-11,16H,2,9,12-15H2,1H3,(H,22,25,26). The molecule has 0 bridgehead atoms. The third-order valence-corrected chi connectivity index (χ3v) is 4.75. The molecule has 1 aliphatic rings. The Balaban J connectivity index is 1.55. The molecule has 0 amide bonds. The van der Waals surface area contributed by atoms with Gasteiger partial charge in [-0.1, -0.05) is 37.3 Å². The van der Waals surface area contributed by atoms with Gasteiger partial charge in [0.1, 0.15) is 5.82 Å². The average molecular weight is 375 g/mol. The smallest absolute Gasteiger partial charge is 0.225 e. The Morgan fingerprint density at radius 1 is 0.893 bits per heavy atom. The van der Waals surface area contributed by atoms with E-state index in [1.807, 2.05) is 24.3 Å². The van der Waals surface area contributed by atoms with Crippen molar-refractivity contribution in [2.45, 2.75) is 13.3 Å². The maximum Gasteiger partial charge on any atom is 0.225 e. The van der Waals surface area contributed by atoms with Crippen LogP contribution in [-0.2, 0) is 0 Å². The Morgan fingerprint density at radius 2 is 1.61 bits per heavy atom. The molecule has 1 aromatic carbocycles. The molecule has 4 rings (SSSR count). The number of hydrogen-bond acceptors (Lipinski definition) is 7. The molecular formula is C21H25N7. The summed E-state index contributed by atoms with van der Waals surface area (Å²) in [6.07, 6.45) is 4.61. The molecule has 0 spiro atoms.